The van der Waals surface area contributed by atoms with Crippen LogP contribution >= 0.6 is 38.9 Å². The van der Waals surface area contributed by atoms with Crippen molar-refractivity contribution in [3.05, 3.63) is 44.8 Å². The van der Waals surface area contributed by atoms with E-state index in [-0.39, 0.29) is 5.91 Å². The number of hydrogen-bond donors (Lipinski definition) is 1. The molecule has 82 valence electrons. The first kappa shape index (κ1) is 11.6. The number of rotatable bonds is 2. The van der Waals surface area contributed by atoms with Crippen LogP contribution in [0.25, 0.3) is 0 Å². The Morgan fingerprint density at radius 3 is 2.62 bits per heavy atom. The molecule has 0 aliphatic rings. The first-order valence-corrected chi connectivity index (χ1v) is 6.32. The first-order chi connectivity index (χ1) is 7.65. The van der Waals surface area contributed by atoms with E-state index in [0.717, 1.165) is 4.47 Å². The van der Waals surface area contributed by atoms with Gasteiger partial charge in [0.15, 0.2) is 5.13 Å². The predicted octanol–water partition coefficient (Wildman–Crippen LogP) is 3.81. The normalized spacial score (nSPS) is 10.1. The van der Waals surface area contributed by atoms with Crippen LogP contribution in [0.3, 0.4) is 0 Å². The van der Waals surface area contributed by atoms with Gasteiger partial charge < -0.3 is 0 Å². The van der Waals surface area contributed by atoms with Crippen LogP contribution in [0.4, 0.5) is 5.13 Å². The third kappa shape index (κ3) is 2.81. The number of thiazole rings is 1. The molecule has 1 N–H and O–H groups in total. The smallest absolute Gasteiger partial charge is 0.257 e. The van der Waals surface area contributed by atoms with Crippen molar-refractivity contribution in [1.29, 1.82) is 0 Å². The molecule has 6 heteroatoms. The maximum atomic E-state index is 11.7. The lowest BCUT2D eigenvalue weighted by molar-refractivity contribution is 0.102. The summed E-state index contributed by atoms with van der Waals surface area (Å²) in [7, 11) is 0. The van der Waals surface area contributed by atoms with E-state index < -0.39 is 0 Å². The SMILES string of the molecule is O=C(Nc1ncc(Cl)s1)c1ccc(Br)cc1. The van der Waals surface area contributed by atoms with Crippen LogP contribution in [0.1, 0.15) is 10.4 Å². The molecular weight excluding hydrogens is 312 g/mol. The number of nitrogens with zero attached hydrogens (tertiary/aromatic N) is 1. The Hall–Kier alpha value is -0.910. The summed E-state index contributed by atoms with van der Waals surface area (Å²) in [4.78, 5) is 15.7. The molecule has 1 amide bonds. The molecule has 0 saturated carbocycles. The van der Waals surface area contributed by atoms with Gasteiger partial charge in [-0.05, 0) is 24.3 Å². The van der Waals surface area contributed by atoms with E-state index in [2.05, 4.69) is 26.2 Å². The molecule has 0 atom stereocenters. The number of amides is 1. The minimum Gasteiger partial charge on any atom is -0.298 e. The maximum absolute atomic E-state index is 11.7. The van der Waals surface area contributed by atoms with E-state index in [1.54, 1.807) is 12.1 Å². The second-order valence-electron chi connectivity index (χ2n) is 2.93. The van der Waals surface area contributed by atoms with Crippen molar-refractivity contribution in [3.8, 4) is 0 Å². The average Bonchev–Trinajstić information content (AvgIpc) is 2.65. The molecule has 1 heterocycles. The molecule has 1 aromatic heterocycles. The van der Waals surface area contributed by atoms with Crippen LogP contribution in [0, 0.1) is 0 Å². The Bertz CT molecular complexity index is 512. The Balaban J connectivity index is 2.11. The number of hydrogen-bond acceptors (Lipinski definition) is 3. The zero-order chi connectivity index (χ0) is 11.5. The summed E-state index contributed by atoms with van der Waals surface area (Å²) in [6, 6.07) is 7.08. The van der Waals surface area contributed by atoms with Gasteiger partial charge >= 0.3 is 0 Å². The van der Waals surface area contributed by atoms with Crippen molar-refractivity contribution < 1.29 is 4.79 Å². The molecule has 0 fully saturated rings. The maximum Gasteiger partial charge on any atom is 0.257 e. The van der Waals surface area contributed by atoms with Gasteiger partial charge in [-0.1, -0.05) is 38.9 Å². The Morgan fingerprint density at radius 2 is 2.06 bits per heavy atom. The Labute approximate surface area is 110 Å². The topological polar surface area (TPSA) is 42.0 Å². The molecular formula is C10H6BrClN2OS. The van der Waals surface area contributed by atoms with Gasteiger partial charge in [0.2, 0.25) is 0 Å². The third-order valence-corrected chi connectivity index (χ3v) is 3.36. The zero-order valence-corrected chi connectivity index (χ0v) is 11.1. The lowest BCUT2D eigenvalue weighted by Gasteiger charge is -2.01. The highest BCUT2D eigenvalue weighted by atomic mass is 79.9. The van der Waals surface area contributed by atoms with Crippen LogP contribution in [0.5, 0.6) is 0 Å². The number of halogens is 2. The highest BCUT2D eigenvalue weighted by molar-refractivity contribution is 9.10. The number of anilines is 1. The largest absolute Gasteiger partial charge is 0.298 e. The number of nitrogens with one attached hydrogen (secondary N) is 1. The first-order valence-electron chi connectivity index (χ1n) is 4.33. The predicted molar refractivity (Wildman–Crippen MR) is 69.2 cm³/mol. The molecule has 0 bridgehead atoms. The summed E-state index contributed by atoms with van der Waals surface area (Å²) in [5.74, 6) is -0.196. The minimum absolute atomic E-state index is 0.196. The molecule has 2 rings (SSSR count). The molecule has 0 saturated heterocycles. The summed E-state index contributed by atoms with van der Waals surface area (Å²) >= 11 is 10.2. The van der Waals surface area contributed by atoms with Gasteiger partial charge in [0.05, 0.1) is 6.20 Å². The van der Waals surface area contributed by atoms with Crippen LogP contribution in [-0.4, -0.2) is 10.9 Å². The summed E-state index contributed by atoms with van der Waals surface area (Å²) < 4.78 is 1.48. The molecule has 3 nitrogen and oxygen atoms in total. The molecule has 0 radical (unpaired) electrons. The van der Waals surface area contributed by atoms with E-state index in [1.165, 1.54) is 17.5 Å². The number of carbonyl (C=O) groups excluding carboxylic acids is 1. The quantitative estimate of drug-likeness (QED) is 0.915. The van der Waals surface area contributed by atoms with Gasteiger partial charge in [-0.3, -0.25) is 10.1 Å². The second-order valence-corrected chi connectivity index (χ2v) is 5.51. The molecule has 0 aliphatic carbocycles. The number of aromatic nitrogens is 1. The van der Waals surface area contributed by atoms with Crippen LogP contribution in [0.15, 0.2) is 34.9 Å². The highest BCUT2D eigenvalue weighted by Crippen LogP contribution is 2.23. The monoisotopic (exact) mass is 316 g/mol. The van der Waals surface area contributed by atoms with Crippen LogP contribution in [0.2, 0.25) is 4.34 Å². The van der Waals surface area contributed by atoms with Crippen molar-refractivity contribution in [1.82, 2.24) is 4.98 Å². The highest BCUT2D eigenvalue weighted by Gasteiger charge is 2.08. The van der Waals surface area contributed by atoms with Gasteiger partial charge in [-0.2, -0.15) is 0 Å². The molecule has 16 heavy (non-hydrogen) atoms. The van der Waals surface area contributed by atoms with Gasteiger partial charge in [0.1, 0.15) is 4.34 Å². The molecule has 0 spiro atoms. The van der Waals surface area contributed by atoms with E-state index in [0.29, 0.717) is 15.0 Å². The minimum atomic E-state index is -0.196. The van der Waals surface area contributed by atoms with Gasteiger partial charge in [0.25, 0.3) is 5.91 Å². The standard InChI is InChI=1S/C10H6BrClN2OS/c11-7-3-1-6(2-4-7)9(15)14-10-13-5-8(12)16-10/h1-5H,(H,13,14,15). The lowest BCUT2D eigenvalue weighted by Crippen LogP contribution is -2.11. The number of benzene rings is 1. The molecule has 0 unspecified atom stereocenters. The summed E-state index contributed by atoms with van der Waals surface area (Å²) in [6.45, 7) is 0. The lowest BCUT2D eigenvalue weighted by atomic mass is 10.2. The molecule has 1 aromatic carbocycles. The fraction of sp³-hybridized carbons (Fsp3) is 0. The summed E-state index contributed by atoms with van der Waals surface area (Å²) in [5, 5.41) is 3.17. The van der Waals surface area contributed by atoms with Crippen molar-refractivity contribution in [2.45, 2.75) is 0 Å². The zero-order valence-electron chi connectivity index (χ0n) is 7.91. The van der Waals surface area contributed by atoms with Gasteiger partial charge in [0, 0.05) is 10.0 Å². The van der Waals surface area contributed by atoms with E-state index in [4.69, 9.17) is 11.6 Å². The van der Waals surface area contributed by atoms with Crippen molar-refractivity contribution >= 4 is 49.9 Å². The fourth-order valence-electron chi connectivity index (χ4n) is 1.08. The van der Waals surface area contributed by atoms with E-state index in [1.807, 2.05) is 12.1 Å². The molecule has 0 aliphatic heterocycles. The number of carbonyl (C=O) groups is 1. The Kier molecular flexibility index (Phi) is 3.58. The summed E-state index contributed by atoms with van der Waals surface area (Å²) in [6.07, 6.45) is 1.50. The average molecular weight is 318 g/mol. The summed E-state index contributed by atoms with van der Waals surface area (Å²) in [5.41, 5.74) is 0.578. The molecule has 2 aromatic rings. The van der Waals surface area contributed by atoms with Gasteiger partial charge in [-0.15, -0.1) is 0 Å². The van der Waals surface area contributed by atoms with Crippen molar-refractivity contribution in [2.24, 2.45) is 0 Å². The van der Waals surface area contributed by atoms with Gasteiger partial charge in [-0.25, -0.2) is 4.98 Å². The van der Waals surface area contributed by atoms with Crippen molar-refractivity contribution in [2.75, 3.05) is 5.32 Å². The van der Waals surface area contributed by atoms with E-state index >= 15 is 0 Å². The van der Waals surface area contributed by atoms with Crippen LogP contribution < -0.4 is 5.32 Å². The third-order valence-electron chi connectivity index (χ3n) is 1.80. The fourth-order valence-corrected chi connectivity index (χ4v) is 2.15. The van der Waals surface area contributed by atoms with E-state index in [9.17, 15) is 4.79 Å². The van der Waals surface area contributed by atoms with Crippen molar-refractivity contribution in [3.63, 3.8) is 0 Å². The Morgan fingerprint density at radius 1 is 1.38 bits per heavy atom. The van der Waals surface area contributed by atoms with Crippen LogP contribution in [-0.2, 0) is 0 Å². The second kappa shape index (κ2) is 4.95.